The van der Waals surface area contributed by atoms with Gasteiger partial charge in [0.05, 0.1) is 13.2 Å². The van der Waals surface area contributed by atoms with Crippen molar-refractivity contribution in [1.82, 2.24) is 26.0 Å². The predicted molar refractivity (Wildman–Crippen MR) is 91.3 cm³/mol. The SMILES string of the molecule is O=C(CCCN1CCNCC1)NNC(=O)CCCN1CCOCC1. The van der Waals surface area contributed by atoms with Crippen molar-refractivity contribution in [2.45, 2.75) is 25.7 Å². The molecule has 24 heavy (non-hydrogen) atoms. The van der Waals surface area contributed by atoms with Crippen molar-refractivity contribution in [2.75, 3.05) is 65.6 Å². The van der Waals surface area contributed by atoms with Crippen LogP contribution < -0.4 is 16.2 Å². The summed E-state index contributed by atoms with van der Waals surface area (Å²) >= 11 is 0. The molecule has 0 bridgehead atoms. The number of nitrogens with one attached hydrogen (secondary N) is 3. The lowest BCUT2D eigenvalue weighted by Gasteiger charge is -2.26. The van der Waals surface area contributed by atoms with Gasteiger partial charge in [-0.15, -0.1) is 0 Å². The number of nitrogens with zero attached hydrogens (tertiary/aromatic N) is 2. The topological polar surface area (TPSA) is 85.9 Å². The van der Waals surface area contributed by atoms with Gasteiger partial charge in [0, 0.05) is 52.1 Å². The van der Waals surface area contributed by atoms with E-state index in [9.17, 15) is 9.59 Å². The molecule has 0 aliphatic carbocycles. The normalized spacial score (nSPS) is 19.8. The summed E-state index contributed by atoms with van der Waals surface area (Å²) in [5, 5.41) is 3.31. The molecule has 0 aromatic carbocycles. The molecule has 2 aliphatic heterocycles. The number of piperazine rings is 1. The molecule has 8 heteroatoms. The largest absolute Gasteiger partial charge is 0.379 e. The molecule has 0 saturated carbocycles. The van der Waals surface area contributed by atoms with Crippen LogP contribution in [0.2, 0.25) is 0 Å². The van der Waals surface area contributed by atoms with E-state index < -0.39 is 0 Å². The zero-order valence-electron chi connectivity index (χ0n) is 14.5. The van der Waals surface area contributed by atoms with E-state index in [1.54, 1.807) is 0 Å². The molecule has 2 amide bonds. The average molecular weight is 341 g/mol. The molecule has 0 radical (unpaired) electrons. The van der Waals surface area contributed by atoms with Crippen molar-refractivity contribution >= 4 is 11.8 Å². The summed E-state index contributed by atoms with van der Waals surface area (Å²) in [5.74, 6) is -0.245. The molecule has 2 saturated heterocycles. The van der Waals surface area contributed by atoms with Crippen LogP contribution in [0.5, 0.6) is 0 Å². The Morgan fingerprint density at radius 1 is 0.833 bits per heavy atom. The van der Waals surface area contributed by atoms with Gasteiger partial charge in [-0.1, -0.05) is 0 Å². The van der Waals surface area contributed by atoms with E-state index in [0.29, 0.717) is 12.8 Å². The number of rotatable bonds is 8. The van der Waals surface area contributed by atoms with Crippen molar-refractivity contribution in [3.8, 4) is 0 Å². The molecule has 3 N–H and O–H groups in total. The van der Waals surface area contributed by atoms with Crippen LogP contribution in [0.3, 0.4) is 0 Å². The lowest BCUT2D eigenvalue weighted by atomic mass is 10.2. The predicted octanol–water partition coefficient (Wildman–Crippen LogP) is -1.07. The molecule has 138 valence electrons. The Morgan fingerprint density at radius 2 is 1.33 bits per heavy atom. The highest BCUT2D eigenvalue weighted by atomic mass is 16.5. The van der Waals surface area contributed by atoms with Gasteiger partial charge in [-0.2, -0.15) is 0 Å². The second-order valence-corrected chi connectivity index (χ2v) is 6.35. The van der Waals surface area contributed by atoms with Gasteiger partial charge in [-0.25, -0.2) is 0 Å². The van der Waals surface area contributed by atoms with Crippen molar-refractivity contribution in [3.63, 3.8) is 0 Å². The fraction of sp³-hybridized carbons (Fsp3) is 0.875. The first-order valence-electron chi connectivity index (χ1n) is 9.05. The summed E-state index contributed by atoms with van der Waals surface area (Å²) in [5.41, 5.74) is 5.01. The van der Waals surface area contributed by atoms with Crippen LogP contribution in [-0.4, -0.2) is 87.2 Å². The number of carbonyl (C=O) groups is 2. The first kappa shape index (κ1) is 19.1. The number of ether oxygens (including phenoxy) is 1. The summed E-state index contributed by atoms with van der Waals surface area (Å²) in [6.45, 7) is 9.38. The third-order valence-electron chi connectivity index (χ3n) is 4.41. The Kier molecular flexibility index (Phi) is 9.04. The highest BCUT2D eigenvalue weighted by molar-refractivity contribution is 5.81. The van der Waals surface area contributed by atoms with Crippen LogP contribution in [0.15, 0.2) is 0 Å². The van der Waals surface area contributed by atoms with E-state index in [2.05, 4.69) is 26.0 Å². The van der Waals surface area contributed by atoms with E-state index >= 15 is 0 Å². The molecule has 2 aliphatic rings. The Morgan fingerprint density at radius 3 is 1.88 bits per heavy atom. The van der Waals surface area contributed by atoms with Crippen LogP contribution in [0.4, 0.5) is 0 Å². The molecular formula is C16H31N5O3. The summed E-state index contributed by atoms with van der Waals surface area (Å²) in [6.07, 6.45) is 2.49. The number of hydrazine groups is 1. The number of morpholine rings is 1. The molecule has 2 rings (SSSR count). The highest BCUT2D eigenvalue weighted by Gasteiger charge is 2.12. The lowest BCUT2D eigenvalue weighted by molar-refractivity contribution is -0.129. The number of carbonyl (C=O) groups excluding carboxylic acids is 2. The van der Waals surface area contributed by atoms with Gasteiger partial charge in [0.1, 0.15) is 0 Å². The summed E-state index contributed by atoms with van der Waals surface area (Å²) in [6, 6.07) is 0. The van der Waals surface area contributed by atoms with E-state index in [1.165, 1.54) is 0 Å². The summed E-state index contributed by atoms with van der Waals surface area (Å²) in [4.78, 5) is 28.1. The van der Waals surface area contributed by atoms with E-state index in [1.807, 2.05) is 0 Å². The van der Waals surface area contributed by atoms with Gasteiger partial charge < -0.3 is 15.0 Å². The quantitative estimate of drug-likeness (QED) is 0.488. The van der Waals surface area contributed by atoms with E-state index in [0.717, 1.165) is 78.4 Å². The first-order valence-corrected chi connectivity index (χ1v) is 9.05. The fourth-order valence-electron chi connectivity index (χ4n) is 2.95. The molecule has 8 nitrogen and oxygen atoms in total. The third kappa shape index (κ3) is 8.05. The minimum absolute atomic E-state index is 0.119. The maximum Gasteiger partial charge on any atom is 0.238 e. The highest BCUT2D eigenvalue weighted by Crippen LogP contribution is 2.00. The number of amides is 2. The minimum Gasteiger partial charge on any atom is -0.379 e. The zero-order chi connectivity index (χ0) is 17.0. The van der Waals surface area contributed by atoms with Crippen LogP contribution in [0.1, 0.15) is 25.7 Å². The molecule has 2 heterocycles. The number of hydrogen-bond donors (Lipinski definition) is 3. The standard InChI is InChI=1S/C16H31N5O3/c22-15(3-1-7-20-9-5-17-6-10-20)18-19-16(23)4-2-8-21-11-13-24-14-12-21/h17H,1-14H2,(H,18,22)(H,19,23). The van der Waals surface area contributed by atoms with Gasteiger partial charge in [0.25, 0.3) is 0 Å². The van der Waals surface area contributed by atoms with Crippen molar-refractivity contribution in [3.05, 3.63) is 0 Å². The Hall–Kier alpha value is -1.22. The monoisotopic (exact) mass is 341 g/mol. The molecule has 2 fully saturated rings. The van der Waals surface area contributed by atoms with Crippen molar-refractivity contribution in [1.29, 1.82) is 0 Å². The molecule has 0 unspecified atom stereocenters. The van der Waals surface area contributed by atoms with Gasteiger partial charge >= 0.3 is 0 Å². The number of hydrogen-bond acceptors (Lipinski definition) is 6. The summed E-state index contributed by atoms with van der Waals surface area (Å²) < 4.78 is 5.29. The Balaban J connectivity index is 1.44. The van der Waals surface area contributed by atoms with Crippen LogP contribution >= 0.6 is 0 Å². The molecular weight excluding hydrogens is 310 g/mol. The molecule has 0 aromatic heterocycles. The van der Waals surface area contributed by atoms with Crippen LogP contribution in [0.25, 0.3) is 0 Å². The van der Waals surface area contributed by atoms with Crippen LogP contribution in [0, 0.1) is 0 Å². The summed E-state index contributed by atoms with van der Waals surface area (Å²) in [7, 11) is 0. The van der Waals surface area contributed by atoms with Gasteiger partial charge in [-0.3, -0.25) is 25.3 Å². The first-order chi connectivity index (χ1) is 11.7. The van der Waals surface area contributed by atoms with Gasteiger partial charge in [0.15, 0.2) is 0 Å². The molecule has 0 atom stereocenters. The van der Waals surface area contributed by atoms with Crippen molar-refractivity contribution in [2.24, 2.45) is 0 Å². The van der Waals surface area contributed by atoms with Gasteiger partial charge in [0.2, 0.25) is 11.8 Å². The second-order valence-electron chi connectivity index (χ2n) is 6.35. The maximum absolute atomic E-state index is 11.7. The fourth-order valence-corrected chi connectivity index (χ4v) is 2.95. The smallest absolute Gasteiger partial charge is 0.238 e. The third-order valence-corrected chi connectivity index (χ3v) is 4.41. The van der Waals surface area contributed by atoms with E-state index in [-0.39, 0.29) is 11.8 Å². The Bertz CT molecular complexity index is 346. The zero-order valence-corrected chi connectivity index (χ0v) is 14.5. The lowest BCUT2D eigenvalue weighted by Crippen LogP contribution is -2.44. The van der Waals surface area contributed by atoms with Crippen LogP contribution in [-0.2, 0) is 14.3 Å². The average Bonchev–Trinajstić information content (AvgIpc) is 2.62. The maximum atomic E-state index is 11.7. The van der Waals surface area contributed by atoms with Gasteiger partial charge in [-0.05, 0) is 25.9 Å². The molecule has 0 spiro atoms. The minimum atomic E-state index is -0.126. The van der Waals surface area contributed by atoms with E-state index in [4.69, 9.17) is 4.74 Å². The van der Waals surface area contributed by atoms with Crippen molar-refractivity contribution < 1.29 is 14.3 Å². The Labute approximate surface area is 144 Å². The second kappa shape index (κ2) is 11.4. The molecule has 0 aromatic rings.